The van der Waals surface area contributed by atoms with Crippen LogP contribution in [-0.4, -0.2) is 44.3 Å². The molecule has 0 radical (unpaired) electrons. The van der Waals surface area contributed by atoms with E-state index in [0.717, 1.165) is 5.82 Å². The van der Waals surface area contributed by atoms with Gasteiger partial charge in [-0.05, 0) is 0 Å². The number of fused-ring (bicyclic) bond motifs is 1. The first-order valence-electron chi connectivity index (χ1n) is 5.43. The molecule has 0 saturated heterocycles. The summed E-state index contributed by atoms with van der Waals surface area (Å²) in [6, 6.07) is 0. The van der Waals surface area contributed by atoms with E-state index in [0.29, 0.717) is 19.6 Å². The molecule has 1 aliphatic rings. The van der Waals surface area contributed by atoms with Crippen molar-refractivity contribution in [1.29, 1.82) is 0 Å². The molecule has 2 amide bonds. The van der Waals surface area contributed by atoms with Crippen LogP contribution in [0.1, 0.15) is 5.82 Å². The molecule has 0 fully saturated rings. The van der Waals surface area contributed by atoms with Crippen LogP contribution in [0.15, 0.2) is 12.4 Å². The van der Waals surface area contributed by atoms with Crippen molar-refractivity contribution < 1.29 is 9.59 Å². The average Bonchev–Trinajstić information content (AvgIpc) is 2.81. The fourth-order valence-electron chi connectivity index (χ4n) is 1.73. The third-order valence-corrected chi connectivity index (χ3v) is 2.79. The second kappa shape index (κ2) is 5.13. The van der Waals surface area contributed by atoms with E-state index in [1.54, 1.807) is 6.20 Å². The van der Waals surface area contributed by atoms with Crippen LogP contribution in [0.25, 0.3) is 0 Å². The van der Waals surface area contributed by atoms with E-state index in [9.17, 15) is 9.59 Å². The first kappa shape index (κ1) is 12.5. The molecule has 8 heteroatoms. The molecule has 0 atom stereocenters. The minimum absolute atomic E-state index is 0.0301. The molecule has 0 aliphatic carbocycles. The molecule has 0 saturated carbocycles. The van der Waals surface area contributed by atoms with Crippen LogP contribution in [0.5, 0.6) is 0 Å². The number of thiocarbonyl (C=S) groups is 1. The molecule has 3 N–H and O–H groups in total. The Bertz CT molecular complexity index is 498. The molecule has 0 spiro atoms. The highest BCUT2D eigenvalue weighted by Gasteiger charge is 2.25. The number of nitrogens with one attached hydrogen (secondary N) is 1. The van der Waals surface area contributed by atoms with Gasteiger partial charge in [0, 0.05) is 25.5 Å². The van der Waals surface area contributed by atoms with Crippen molar-refractivity contribution in [3.8, 4) is 0 Å². The standard InChI is InChI=1S/C10H13N5O2S/c11-7(18)5-13-9(16)10(17)15-4-3-14-2-1-12-8(14)6-15/h1-2H,3-6H2,(H2,11,18)(H,13,16). The van der Waals surface area contributed by atoms with Gasteiger partial charge in [0.1, 0.15) is 5.82 Å². The highest BCUT2D eigenvalue weighted by molar-refractivity contribution is 7.80. The molecule has 1 aliphatic heterocycles. The lowest BCUT2D eigenvalue weighted by molar-refractivity contribution is -0.146. The largest absolute Gasteiger partial charge is 0.392 e. The number of carbonyl (C=O) groups excluding carboxylic acids is 2. The first-order chi connectivity index (χ1) is 8.58. The highest BCUT2D eigenvalue weighted by atomic mass is 32.1. The predicted molar refractivity (Wildman–Crippen MR) is 67.4 cm³/mol. The molecule has 1 aromatic heterocycles. The molecule has 0 unspecified atom stereocenters. The Morgan fingerprint density at radius 1 is 1.50 bits per heavy atom. The average molecular weight is 267 g/mol. The zero-order valence-corrected chi connectivity index (χ0v) is 10.4. The van der Waals surface area contributed by atoms with Crippen molar-refractivity contribution in [3.63, 3.8) is 0 Å². The topological polar surface area (TPSA) is 93.2 Å². The van der Waals surface area contributed by atoms with Crippen LogP contribution in [0.3, 0.4) is 0 Å². The summed E-state index contributed by atoms with van der Waals surface area (Å²) in [6.07, 6.45) is 3.53. The van der Waals surface area contributed by atoms with E-state index in [1.165, 1.54) is 4.90 Å². The van der Waals surface area contributed by atoms with Crippen molar-refractivity contribution in [2.75, 3.05) is 13.1 Å². The number of aromatic nitrogens is 2. The first-order valence-corrected chi connectivity index (χ1v) is 5.84. The minimum Gasteiger partial charge on any atom is -0.392 e. The predicted octanol–water partition coefficient (Wildman–Crippen LogP) is -1.37. The molecule has 1 aromatic rings. The van der Waals surface area contributed by atoms with Gasteiger partial charge in [-0.2, -0.15) is 0 Å². The van der Waals surface area contributed by atoms with Gasteiger partial charge in [-0.25, -0.2) is 4.98 Å². The molecule has 96 valence electrons. The van der Waals surface area contributed by atoms with Gasteiger partial charge in [-0.15, -0.1) is 0 Å². The Hall–Kier alpha value is -1.96. The number of nitrogens with zero attached hydrogens (tertiary/aromatic N) is 3. The van der Waals surface area contributed by atoms with E-state index >= 15 is 0 Å². The number of imidazole rings is 1. The Labute approximate surface area is 109 Å². The summed E-state index contributed by atoms with van der Waals surface area (Å²) in [5, 5.41) is 2.37. The van der Waals surface area contributed by atoms with Gasteiger partial charge in [0.25, 0.3) is 0 Å². The summed E-state index contributed by atoms with van der Waals surface area (Å²) in [4.78, 5) is 29.1. The summed E-state index contributed by atoms with van der Waals surface area (Å²) in [5.74, 6) is -0.500. The van der Waals surface area contributed by atoms with Gasteiger partial charge in [-0.1, -0.05) is 12.2 Å². The smallest absolute Gasteiger partial charge is 0.312 e. The Morgan fingerprint density at radius 2 is 2.28 bits per heavy atom. The van der Waals surface area contributed by atoms with Gasteiger partial charge in [0.15, 0.2) is 0 Å². The zero-order chi connectivity index (χ0) is 13.1. The highest BCUT2D eigenvalue weighted by Crippen LogP contribution is 2.09. The van der Waals surface area contributed by atoms with Gasteiger partial charge in [0.2, 0.25) is 0 Å². The van der Waals surface area contributed by atoms with Gasteiger partial charge in [0.05, 0.1) is 18.1 Å². The fraction of sp³-hybridized carbons (Fsp3) is 0.400. The Kier molecular flexibility index (Phi) is 3.56. The lowest BCUT2D eigenvalue weighted by Crippen LogP contribution is -2.47. The summed E-state index contributed by atoms with van der Waals surface area (Å²) >= 11 is 4.62. The van der Waals surface area contributed by atoms with Crippen molar-refractivity contribution in [2.45, 2.75) is 13.1 Å². The van der Waals surface area contributed by atoms with E-state index < -0.39 is 11.8 Å². The van der Waals surface area contributed by atoms with Crippen LogP contribution >= 0.6 is 12.2 Å². The fourth-order valence-corrected chi connectivity index (χ4v) is 1.81. The molecule has 2 rings (SSSR count). The quantitative estimate of drug-likeness (QED) is 0.509. The molecule has 0 bridgehead atoms. The maximum atomic E-state index is 11.8. The van der Waals surface area contributed by atoms with Crippen molar-refractivity contribution >= 4 is 29.0 Å². The lowest BCUT2D eigenvalue weighted by Gasteiger charge is -2.27. The van der Waals surface area contributed by atoms with E-state index in [1.807, 2.05) is 10.8 Å². The van der Waals surface area contributed by atoms with Crippen LogP contribution < -0.4 is 11.1 Å². The van der Waals surface area contributed by atoms with E-state index in [2.05, 4.69) is 22.5 Å². The summed E-state index contributed by atoms with van der Waals surface area (Å²) in [7, 11) is 0. The van der Waals surface area contributed by atoms with Crippen LogP contribution in [0, 0.1) is 0 Å². The second-order valence-corrected chi connectivity index (χ2v) is 4.44. The number of nitrogens with two attached hydrogens (primary N) is 1. The van der Waals surface area contributed by atoms with Crippen LogP contribution in [0.2, 0.25) is 0 Å². The zero-order valence-electron chi connectivity index (χ0n) is 9.63. The SMILES string of the molecule is NC(=S)CNC(=O)C(=O)N1CCn2ccnc2C1. The monoisotopic (exact) mass is 267 g/mol. The molecule has 7 nitrogen and oxygen atoms in total. The van der Waals surface area contributed by atoms with Crippen molar-refractivity contribution in [3.05, 3.63) is 18.2 Å². The van der Waals surface area contributed by atoms with Crippen molar-refractivity contribution in [2.24, 2.45) is 5.73 Å². The number of hydrogen-bond donors (Lipinski definition) is 2. The summed E-state index contributed by atoms with van der Waals surface area (Å²) in [5.41, 5.74) is 5.25. The summed E-state index contributed by atoms with van der Waals surface area (Å²) < 4.78 is 1.96. The number of hydrogen-bond acceptors (Lipinski definition) is 4. The number of carbonyl (C=O) groups is 2. The minimum atomic E-state index is -0.692. The molecule has 18 heavy (non-hydrogen) atoms. The third-order valence-electron chi connectivity index (χ3n) is 2.65. The van der Waals surface area contributed by atoms with Crippen molar-refractivity contribution in [1.82, 2.24) is 19.8 Å². The van der Waals surface area contributed by atoms with Crippen LogP contribution in [-0.2, 0) is 22.7 Å². The lowest BCUT2D eigenvalue weighted by atomic mass is 10.3. The third kappa shape index (κ3) is 2.65. The number of rotatable bonds is 2. The van der Waals surface area contributed by atoms with E-state index in [4.69, 9.17) is 5.73 Å². The normalized spacial score (nSPS) is 13.9. The van der Waals surface area contributed by atoms with Gasteiger partial charge < -0.3 is 20.5 Å². The van der Waals surface area contributed by atoms with Gasteiger partial charge in [-0.3, -0.25) is 9.59 Å². The van der Waals surface area contributed by atoms with Gasteiger partial charge >= 0.3 is 11.8 Å². The Balaban J connectivity index is 1.95. The maximum absolute atomic E-state index is 11.8. The molecular formula is C10H13N5O2S. The van der Waals surface area contributed by atoms with E-state index in [-0.39, 0.29) is 11.5 Å². The summed E-state index contributed by atoms with van der Waals surface area (Å²) in [6.45, 7) is 1.50. The van der Waals surface area contributed by atoms with Crippen LogP contribution in [0.4, 0.5) is 0 Å². The maximum Gasteiger partial charge on any atom is 0.312 e. The molecule has 0 aromatic carbocycles. The second-order valence-electron chi connectivity index (χ2n) is 3.91. The molecule has 2 heterocycles. The molecular weight excluding hydrogens is 254 g/mol. The Morgan fingerprint density at radius 3 is 3.00 bits per heavy atom. The number of amides is 2.